The number of rotatable bonds is 3. The fraction of sp³-hybridized carbons (Fsp3) is 0.167. The lowest BCUT2D eigenvalue weighted by atomic mass is 10.2. The van der Waals surface area contributed by atoms with Crippen LogP contribution in [0.15, 0.2) is 36.5 Å². The molecule has 0 saturated heterocycles. The van der Waals surface area contributed by atoms with Crippen LogP contribution in [0.4, 0.5) is 4.39 Å². The molecule has 0 radical (unpaired) electrons. The van der Waals surface area contributed by atoms with E-state index in [1.807, 2.05) is 0 Å². The van der Waals surface area contributed by atoms with E-state index in [9.17, 15) is 4.39 Å². The summed E-state index contributed by atoms with van der Waals surface area (Å²) in [5.74, 6) is 0.940. The quantitative estimate of drug-likeness (QED) is 0.793. The summed E-state index contributed by atoms with van der Waals surface area (Å²) in [6.07, 6.45) is 1.64. The third-order valence-corrected chi connectivity index (χ3v) is 2.05. The van der Waals surface area contributed by atoms with Crippen LogP contribution in [-0.2, 0) is 6.61 Å². The minimum Gasteiger partial charge on any atom is -0.473 e. The molecule has 0 spiro atoms. The lowest BCUT2D eigenvalue weighted by Crippen LogP contribution is -1.98. The van der Waals surface area contributed by atoms with E-state index in [-0.39, 0.29) is 5.82 Å². The third-order valence-electron chi connectivity index (χ3n) is 2.05. The molecule has 2 rings (SSSR count). The van der Waals surface area contributed by atoms with Crippen molar-refractivity contribution in [2.75, 3.05) is 0 Å². The summed E-state index contributed by atoms with van der Waals surface area (Å²) in [7, 11) is 0. The Labute approximate surface area is 92.9 Å². The molecule has 1 aromatic heterocycles. The van der Waals surface area contributed by atoms with Crippen molar-refractivity contribution in [3.63, 3.8) is 0 Å². The largest absolute Gasteiger partial charge is 0.473 e. The summed E-state index contributed by atoms with van der Waals surface area (Å²) in [5, 5.41) is 0. The maximum Gasteiger partial charge on any atom is 0.216 e. The summed E-state index contributed by atoms with van der Waals surface area (Å²) < 4.78 is 18.1. The summed E-state index contributed by atoms with van der Waals surface area (Å²) in [6.45, 7) is 2.17. The average molecular weight is 218 g/mol. The van der Waals surface area contributed by atoms with Crippen molar-refractivity contribution in [1.29, 1.82) is 0 Å². The minimum atomic E-state index is -0.248. The molecule has 0 aliphatic heterocycles. The van der Waals surface area contributed by atoms with Gasteiger partial charge in [-0.2, -0.15) is 4.98 Å². The molecule has 0 atom stereocenters. The maximum atomic E-state index is 12.6. The summed E-state index contributed by atoms with van der Waals surface area (Å²) in [4.78, 5) is 8.06. The number of aromatic nitrogens is 2. The molecule has 0 amide bonds. The molecule has 2 aromatic rings. The van der Waals surface area contributed by atoms with Crippen molar-refractivity contribution in [3.05, 3.63) is 53.7 Å². The van der Waals surface area contributed by atoms with Gasteiger partial charge in [-0.1, -0.05) is 12.1 Å². The van der Waals surface area contributed by atoms with Crippen LogP contribution in [0, 0.1) is 12.7 Å². The van der Waals surface area contributed by atoms with Crippen molar-refractivity contribution < 1.29 is 9.13 Å². The van der Waals surface area contributed by atoms with E-state index in [2.05, 4.69) is 9.97 Å². The molecular formula is C12H11FN2O. The van der Waals surface area contributed by atoms with Crippen molar-refractivity contribution >= 4 is 0 Å². The first-order valence-corrected chi connectivity index (χ1v) is 4.91. The first kappa shape index (κ1) is 10.5. The van der Waals surface area contributed by atoms with Crippen molar-refractivity contribution in [2.45, 2.75) is 13.5 Å². The Bertz CT molecular complexity index is 471. The van der Waals surface area contributed by atoms with Gasteiger partial charge in [-0.25, -0.2) is 9.37 Å². The fourth-order valence-electron chi connectivity index (χ4n) is 1.25. The molecule has 3 nitrogen and oxygen atoms in total. The smallest absolute Gasteiger partial charge is 0.216 e. The summed E-state index contributed by atoms with van der Waals surface area (Å²) in [5.41, 5.74) is 0.901. The molecule has 4 heteroatoms. The highest BCUT2D eigenvalue weighted by Gasteiger charge is 1.98. The molecule has 0 fully saturated rings. The SMILES string of the molecule is Cc1nccc(OCc2ccc(F)cc2)n1. The first-order chi connectivity index (χ1) is 7.74. The number of nitrogens with zero attached hydrogens (tertiary/aromatic N) is 2. The number of benzene rings is 1. The van der Waals surface area contributed by atoms with Gasteiger partial charge in [0, 0.05) is 12.3 Å². The van der Waals surface area contributed by atoms with Gasteiger partial charge in [-0.15, -0.1) is 0 Å². The van der Waals surface area contributed by atoms with E-state index in [1.54, 1.807) is 31.3 Å². The lowest BCUT2D eigenvalue weighted by molar-refractivity contribution is 0.292. The van der Waals surface area contributed by atoms with Gasteiger partial charge in [0.15, 0.2) is 0 Å². The Hall–Kier alpha value is -1.97. The Morgan fingerprint density at radius 2 is 1.94 bits per heavy atom. The average Bonchev–Trinajstić information content (AvgIpc) is 2.28. The molecule has 16 heavy (non-hydrogen) atoms. The number of halogens is 1. The van der Waals surface area contributed by atoms with Gasteiger partial charge in [0.25, 0.3) is 0 Å². The Kier molecular flexibility index (Phi) is 3.10. The van der Waals surface area contributed by atoms with Crippen LogP contribution in [0.5, 0.6) is 5.88 Å². The Morgan fingerprint density at radius 3 is 2.62 bits per heavy atom. The topological polar surface area (TPSA) is 35.0 Å². The van der Waals surface area contributed by atoms with Gasteiger partial charge < -0.3 is 4.74 Å². The van der Waals surface area contributed by atoms with Crippen molar-refractivity contribution in [3.8, 4) is 5.88 Å². The van der Waals surface area contributed by atoms with Crippen LogP contribution < -0.4 is 4.74 Å². The number of hydrogen-bond acceptors (Lipinski definition) is 3. The van der Waals surface area contributed by atoms with E-state index in [4.69, 9.17) is 4.74 Å². The second-order valence-corrected chi connectivity index (χ2v) is 3.36. The van der Waals surface area contributed by atoms with Gasteiger partial charge in [-0.3, -0.25) is 0 Å². The molecule has 82 valence electrons. The molecule has 1 heterocycles. The van der Waals surface area contributed by atoms with Crippen molar-refractivity contribution in [2.24, 2.45) is 0 Å². The number of ether oxygens (including phenoxy) is 1. The van der Waals surface area contributed by atoms with Gasteiger partial charge in [-0.05, 0) is 24.6 Å². The van der Waals surface area contributed by atoms with Crippen LogP contribution >= 0.6 is 0 Å². The third kappa shape index (κ3) is 2.76. The van der Waals surface area contributed by atoms with Crippen LogP contribution in [0.2, 0.25) is 0 Å². The predicted octanol–water partition coefficient (Wildman–Crippen LogP) is 2.50. The standard InChI is InChI=1S/C12H11FN2O/c1-9-14-7-6-12(15-9)16-8-10-2-4-11(13)5-3-10/h2-7H,8H2,1H3. The van der Waals surface area contributed by atoms with Crippen molar-refractivity contribution in [1.82, 2.24) is 9.97 Å². The Balaban J connectivity index is 1.99. The van der Waals surface area contributed by atoms with E-state index < -0.39 is 0 Å². The van der Waals surface area contributed by atoms with E-state index in [0.717, 1.165) is 5.56 Å². The lowest BCUT2D eigenvalue weighted by Gasteiger charge is -2.05. The second kappa shape index (κ2) is 4.70. The predicted molar refractivity (Wildman–Crippen MR) is 57.5 cm³/mol. The summed E-state index contributed by atoms with van der Waals surface area (Å²) >= 11 is 0. The highest BCUT2D eigenvalue weighted by atomic mass is 19.1. The van der Waals surface area contributed by atoms with Gasteiger partial charge in [0.05, 0.1) is 0 Å². The molecule has 1 aromatic carbocycles. The molecule has 0 bridgehead atoms. The fourth-order valence-corrected chi connectivity index (χ4v) is 1.25. The van der Waals surface area contributed by atoms with E-state index in [0.29, 0.717) is 18.3 Å². The minimum absolute atomic E-state index is 0.248. The zero-order chi connectivity index (χ0) is 11.4. The number of hydrogen-bond donors (Lipinski definition) is 0. The molecule has 0 N–H and O–H groups in total. The zero-order valence-electron chi connectivity index (χ0n) is 8.85. The second-order valence-electron chi connectivity index (χ2n) is 3.36. The van der Waals surface area contributed by atoms with Crippen LogP contribution in [0.25, 0.3) is 0 Å². The van der Waals surface area contributed by atoms with Crippen LogP contribution in [0.1, 0.15) is 11.4 Å². The van der Waals surface area contributed by atoms with Crippen LogP contribution in [0.3, 0.4) is 0 Å². The highest BCUT2D eigenvalue weighted by Crippen LogP contribution is 2.09. The molecular weight excluding hydrogens is 207 g/mol. The normalized spacial score (nSPS) is 10.1. The highest BCUT2D eigenvalue weighted by molar-refractivity contribution is 5.16. The van der Waals surface area contributed by atoms with E-state index >= 15 is 0 Å². The Morgan fingerprint density at radius 1 is 1.19 bits per heavy atom. The molecule has 0 saturated carbocycles. The molecule has 0 aliphatic carbocycles. The first-order valence-electron chi connectivity index (χ1n) is 4.91. The van der Waals surface area contributed by atoms with Crippen LogP contribution in [-0.4, -0.2) is 9.97 Å². The molecule has 0 unspecified atom stereocenters. The maximum absolute atomic E-state index is 12.6. The monoisotopic (exact) mass is 218 g/mol. The summed E-state index contributed by atoms with van der Waals surface area (Å²) in [6, 6.07) is 7.87. The van der Waals surface area contributed by atoms with Gasteiger partial charge in [0.2, 0.25) is 5.88 Å². The van der Waals surface area contributed by atoms with Gasteiger partial charge >= 0.3 is 0 Å². The molecule has 0 aliphatic rings. The van der Waals surface area contributed by atoms with Gasteiger partial charge in [0.1, 0.15) is 18.2 Å². The number of aryl methyl sites for hydroxylation is 1. The van der Waals surface area contributed by atoms with E-state index in [1.165, 1.54) is 12.1 Å². The zero-order valence-corrected chi connectivity index (χ0v) is 8.85.